The molecule has 0 aliphatic rings. The number of aromatic nitrogens is 3. The van der Waals surface area contributed by atoms with Crippen molar-refractivity contribution in [2.24, 2.45) is 0 Å². The van der Waals surface area contributed by atoms with E-state index in [9.17, 15) is 13.6 Å². The normalized spacial score (nSPS) is 11.0. The van der Waals surface area contributed by atoms with Gasteiger partial charge in [-0.2, -0.15) is 0 Å². The molecule has 0 spiro atoms. The highest BCUT2D eigenvalue weighted by Crippen LogP contribution is 2.27. The van der Waals surface area contributed by atoms with Crippen molar-refractivity contribution in [2.45, 2.75) is 19.1 Å². The van der Waals surface area contributed by atoms with E-state index in [1.165, 1.54) is 23.0 Å². The van der Waals surface area contributed by atoms with E-state index in [1.54, 1.807) is 5.38 Å². The van der Waals surface area contributed by atoms with Gasteiger partial charge in [-0.15, -0.1) is 21.5 Å². The van der Waals surface area contributed by atoms with Crippen molar-refractivity contribution in [1.29, 1.82) is 0 Å². The Morgan fingerprint density at radius 3 is 2.65 bits per heavy atom. The van der Waals surface area contributed by atoms with Crippen LogP contribution in [-0.4, -0.2) is 26.8 Å². The number of hydrogen-bond acceptors (Lipinski definition) is 7. The topological polar surface area (TPSA) is 80.9 Å². The van der Waals surface area contributed by atoms with E-state index < -0.39 is 11.6 Å². The summed E-state index contributed by atoms with van der Waals surface area (Å²) in [5.74, 6) is -1.74. The highest BCUT2D eigenvalue weighted by atomic mass is 32.2. The summed E-state index contributed by atoms with van der Waals surface area (Å²) in [6.45, 7) is 4.03. The lowest BCUT2D eigenvalue weighted by Crippen LogP contribution is -2.13. The second-order valence-electron chi connectivity index (χ2n) is 6.68. The number of nitrogens with one attached hydrogen (secondary N) is 1. The first-order chi connectivity index (χ1) is 14.9. The number of aryl methyl sites for hydroxylation is 2. The van der Waals surface area contributed by atoms with E-state index in [2.05, 4.69) is 20.5 Å². The average molecular weight is 459 g/mol. The maximum absolute atomic E-state index is 13.4. The van der Waals surface area contributed by atoms with Gasteiger partial charge in [-0.1, -0.05) is 17.8 Å². The summed E-state index contributed by atoms with van der Waals surface area (Å²) < 4.78 is 32.1. The fourth-order valence-electron chi connectivity index (χ4n) is 2.66. The Bertz CT molecular complexity index is 1260. The van der Waals surface area contributed by atoms with E-state index in [0.29, 0.717) is 22.3 Å². The van der Waals surface area contributed by atoms with Gasteiger partial charge in [0.2, 0.25) is 11.8 Å². The zero-order valence-electron chi connectivity index (χ0n) is 16.5. The van der Waals surface area contributed by atoms with Gasteiger partial charge in [0.05, 0.1) is 11.4 Å². The largest absolute Gasteiger partial charge is 0.411 e. The van der Waals surface area contributed by atoms with Crippen LogP contribution in [0.15, 0.2) is 51.4 Å². The van der Waals surface area contributed by atoms with Crippen molar-refractivity contribution < 1.29 is 18.0 Å². The Kier molecular flexibility index (Phi) is 6.10. The van der Waals surface area contributed by atoms with Gasteiger partial charge < -0.3 is 9.73 Å². The fraction of sp³-hybridized carbons (Fsp3) is 0.143. The minimum atomic E-state index is -0.952. The van der Waals surface area contributed by atoms with Crippen molar-refractivity contribution in [3.8, 4) is 22.7 Å². The number of carbonyl (C=O) groups is 1. The minimum absolute atomic E-state index is 0.0502. The Labute approximate surface area is 184 Å². The molecule has 0 fully saturated rings. The van der Waals surface area contributed by atoms with Crippen molar-refractivity contribution in [3.63, 3.8) is 0 Å². The number of thioether (sulfide) groups is 1. The summed E-state index contributed by atoms with van der Waals surface area (Å²) in [6.07, 6.45) is 0. The zero-order valence-corrected chi connectivity index (χ0v) is 18.1. The van der Waals surface area contributed by atoms with Crippen LogP contribution in [0.3, 0.4) is 0 Å². The third-order valence-corrected chi connectivity index (χ3v) is 6.03. The number of rotatable bonds is 6. The van der Waals surface area contributed by atoms with Crippen LogP contribution < -0.4 is 5.32 Å². The molecule has 2 aromatic carbocycles. The van der Waals surface area contributed by atoms with Crippen molar-refractivity contribution in [1.82, 2.24) is 15.2 Å². The summed E-state index contributed by atoms with van der Waals surface area (Å²) in [4.78, 5) is 16.5. The molecule has 0 unspecified atom stereocenters. The quantitative estimate of drug-likeness (QED) is 0.385. The first kappa shape index (κ1) is 21.1. The summed E-state index contributed by atoms with van der Waals surface area (Å²) in [5, 5.41) is 13.0. The van der Waals surface area contributed by atoms with Crippen LogP contribution in [0, 0.1) is 25.5 Å². The maximum Gasteiger partial charge on any atom is 0.277 e. The third-order valence-electron chi connectivity index (χ3n) is 4.45. The second kappa shape index (κ2) is 8.94. The number of hydrogen-bond donors (Lipinski definition) is 1. The lowest BCUT2D eigenvalue weighted by molar-refractivity contribution is -0.113. The van der Waals surface area contributed by atoms with Crippen LogP contribution in [0.25, 0.3) is 22.7 Å². The number of nitrogens with zero attached hydrogens (tertiary/aromatic N) is 3. The standard InChI is InChI=1S/C21H16F2N4O2S2/c1-11-3-4-14(7-12(11)2)19-26-27-21(29-19)31-10-18(28)25-20-24-17(9-30-20)13-5-6-15(22)16(23)8-13/h3-9H,10H2,1-2H3,(H,24,25,28). The van der Waals surface area contributed by atoms with Gasteiger partial charge in [-0.25, -0.2) is 13.8 Å². The number of thiazole rings is 1. The van der Waals surface area contributed by atoms with Crippen molar-refractivity contribution in [2.75, 3.05) is 11.1 Å². The number of anilines is 1. The first-order valence-electron chi connectivity index (χ1n) is 9.14. The van der Waals surface area contributed by atoms with Crippen LogP contribution >= 0.6 is 23.1 Å². The predicted octanol–water partition coefficient (Wildman–Crippen LogP) is 5.49. The molecule has 2 heterocycles. The van der Waals surface area contributed by atoms with E-state index in [4.69, 9.17) is 4.42 Å². The van der Waals surface area contributed by atoms with Gasteiger partial charge in [0, 0.05) is 16.5 Å². The molecule has 31 heavy (non-hydrogen) atoms. The molecular formula is C21H16F2N4O2S2. The highest BCUT2D eigenvalue weighted by Gasteiger charge is 2.14. The maximum atomic E-state index is 13.4. The van der Waals surface area contributed by atoms with Gasteiger partial charge in [0.25, 0.3) is 5.22 Å². The molecule has 0 atom stereocenters. The average Bonchev–Trinajstić information content (AvgIpc) is 3.40. The smallest absolute Gasteiger partial charge is 0.277 e. The fourth-order valence-corrected chi connectivity index (χ4v) is 3.96. The van der Waals surface area contributed by atoms with Crippen LogP contribution in [0.5, 0.6) is 0 Å². The summed E-state index contributed by atoms with van der Waals surface area (Å²) in [7, 11) is 0. The Hall–Kier alpha value is -3.11. The molecule has 6 nitrogen and oxygen atoms in total. The van der Waals surface area contributed by atoms with Crippen molar-refractivity contribution >= 4 is 34.1 Å². The highest BCUT2D eigenvalue weighted by molar-refractivity contribution is 7.99. The van der Waals surface area contributed by atoms with E-state index in [1.807, 2.05) is 32.0 Å². The molecule has 0 bridgehead atoms. The molecule has 0 radical (unpaired) electrons. The van der Waals surface area contributed by atoms with Crippen LogP contribution in [0.1, 0.15) is 11.1 Å². The molecule has 0 aliphatic heterocycles. The second-order valence-corrected chi connectivity index (χ2v) is 8.46. The minimum Gasteiger partial charge on any atom is -0.411 e. The SMILES string of the molecule is Cc1ccc(-c2nnc(SCC(=O)Nc3nc(-c4ccc(F)c(F)c4)cs3)o2)cc1C. The molecular weight excluding hydrogens is 442 g/mol. The van der Waals surface area contributed by atoms with Gasteiger partial charge in [-0.3, -0.25) is 4.79 Å². The van der Waals surface area contributed by atoms with Gasteiger partial charge in [-0.05, 0) is 55.3 Å². The summed E-state index contributed by atoms with van der Waals surface area (Å²) >= 11 is 2.30. The molecule has 0 saturated carbocycles. The molecule has 2 aromatic heterocycles. The van der Waals surface area contributed by atoms with Gasteiger partial charge >= 0.3 is 0 Å². The molecule has 4 aromatic rings. The molecule has 10 heteroatoms. The number of amides is 1. The number of halogens is 2. The molecule has 0 saturated heterocycles. The molecule has 4 rings (SSSR count). The van der Waals surface area contributed by atoms with E-state index in [0.717, 1.165) is 35.0 Å². The van der Waals surface area contributed by atoms with Crippen LogP contribution in [0.2, 0.25) is 0 Å². The Morgan fingerprint density at radius 2 is 1.87 bits per heavy atom. The summed E-state index contributed by atoms with van der Waals surface area (Å²) in [6, 6.07) is 9.39. The Balaban J connectivity index is 1.35. The zero-order chi connectivity index (χ0) is 22.0. The first-order valence-corrected chi connectivity index (χ1v) is 11.0. The lowest BCUT2D eigenvalue weighted by atomic mass is 10.1. The molecule has 158 valence electrons. The van der Waals surface area contributed by atoms with E-state index >= 15 is 0 Å². The van der Waals surface area contributed by atoms with Crippen LogP contribution in [-0.2, 0) is 4.79 Å². The summed E-state index contributed by atoms with van der Waals surface area (Å²) in [5.41, 5.74) is 3.98. The molecule has 1 amide bonds. The van der Waals surface area contributed by atoms with Crippen molar-refractivity contribution in [3.05, 3.63) is 64.5 Å². The number of carbonyl (C=O) groups excluding carboxylic acids is 1. The monoisotopic (exact) mass is 458 g/mol. The number of benzene rings is 2. The lowest BCUT2D eigenvalue weighted by Gasteiger charge is -2.01. The van der Waals surface area contributed by atoms with Crippen LogP contribution in [0.4, 0.5) is 13.9 Å². The molecule has 1 N–H and O–H groups in total. The predicted molar refractivity (Wildman–Crippen MR) is 116 cm³/mol. The van der Waals surface area contributed by atoms with Gasteiger partial charge in [0.15, 0.2) is 16.8 Å². The van der Waals surface area contributed by atoms with E-state index in [-0.39, 0.29) is 16.9 Å². The Morgan fingerprint density at radius 1 is 1.06 bits per heavy atom. The third kappa shape index (κ3) is 4.97. The molecule has 0 aliphatic carbocycles. The van der Waals surface area contributed by atoms with Gasteiger partial charge in [0.1, 0.15) is 0 Å².